The lowest BCUT2D eigenvalue weighted by Crippen LogP contribution is -1.89. The number of aromatic nitrogens is 1. The lowest BCUT2D eigenvalue weighted by Gasteiger charge is -1.97. The molecule has 1 aromatic carbocycles. The van der Waals surface area contributed by atoms with Crippen LogP contribution < -0.4 is 0 Å². The summed E-state index contributed by atoms with van der Waals surface area (Å²) < 4.78 is 4.57. The van der Waals surface area contributed by atoms with E-state index in [1.165, 1.54) is 0 Å². The van der Waals surface area contributed by atoms with Gasteiger partial charge in [-0.1, -0.05) is 35.0 Å². The molecule has 0 aliphatic heterocycles. The Hall–Kier alpha value is -1.88. The molecule has 76 valence electrons. The summed E-state index contributed by atoms with van der Waals surface area (Å²) >= 11 is 5.89. The van der Waals surface area contributed by atoms with Gasteiger partial charge in [0.25, 0.3) is 0 Å². The number of hydrogen-bond donors (Lipinski definition) is 0. The second kappa shape index (κ2) is 3.70. The Morgan fingerprint density at radius 3 is 2.80 bits per heavy atom. The van der Waals surface area contributed by atoms with E-state index in [0.29, 0.717) is 10.6 Å². The molecule has 1 heterocycles. The number of rotatable bonds is 2. The van der Waals surface area contributed by atoms with Gasteiger partial charge in [0.1, 0.15) is 0 Å². The lowest BCUT2D eigenvalue weighted by molar-refractivity contribution is -0.384. The van der Waals surface area contributed by atoms with Crippen LogP contribution in [0.2, 0.25) is 5.02 Å². The highest BCUT2D eigenvalue weighted by Gasteiger charge is 2.21. The van der Waals surface area contributed by atoms with E-state index in [2.05, 4.69) is 9.68 Å². The van der Waals surface area contributed by atoms with E-state index < -0.39 is 4.92 Å². The molecule has 15 heavy (non-hydrogen) atoms. The van der Waals surface area contributed by atoms with Crippen molar-refractivity contribution in [3.05, 3.63) is 45.7 Å². The van der Waals surface area contributed by atoms with Crippen LogP contribution in [-0.2, 0) is 0 Å². The highest BCUT2D eigenvalue weighted by molar-refractivity contribution is 6.33. The third kappa shape index (κ3) is 1.69. The fourth-order valence-electron chi connectivity index (χ4n) is 1.20. The Bertz CT molecular complexity index is 510. The summed E-state index contributed by atoms with van der Waals surface area (Å²) in [4.78, 5) is 10.1. The second-order valence-electron chi connectivity index (χ2n) is 2.79. The average Bonchev–Trinajstić information content (AvgIpc) is 2.67. The zero-order chi connectivity index (χ0) is 10.8. The highest BCUT2D eigenvalue weighted by Crippen LogP contribution is 2.32. The standard InChI is InChI=1S/C9H5ClN2O3/c10-7-4-2-1-3-6(7)9-8(12(13)14)5-15-11-9/h1-5H. The van der Waals surface area contributed by atoms with Crippen LogP contribution in [0.15, 0.2) is 35.1 Å². The van der Waals surface area contributed by atoms with E-state index in [0.717, 1.165) is 6.26 Å². The van der Waals surface area contributed by atoms with E-state index in [9.17, 15) is 10.1 Å². The molecule has 0 aliphatic rings. The third-order valence-corrected chi connectivity index (χ3v) is 2.21. The van der Waals surface area contributed by atoms with Gasteiger partial charge in [-0.05, 0) is 6.07 Å². The van der Waals surface area contributed by atoms with Gasteiger partial charge in [0.05, 0.1) is 9.95 Å². The van der Waals surface area contributed by atoms with Crippen molar-refractivity contribution in [1.29, 1.82) is 0 Å². The molecule has 5 nitrogen and oxygen atoms in total. The van der Waals surface area contributed by atoms with Crippen molar-refractivity contribution >= 4 is 17.3 Å². The van der Waals surface area contributed by atoms with Crippen LogP contribution in [0.4, 0.5) is 5.69 Å². The topological polar surface area (TPSA) is 69.2 Å². The number of nitro groups is 1. The molecule has 0 N–H and O–H groups in total. The quantitative estimate of drug-likeness (QED) is 0.581. The van der Waals surface area contributed by atoms with Crippen LogP contribution in [0.1, 0.15) is 0 Å². The van der Waals surface area contributed by atoms with Crippen molar-refractivity contribution in [2.75, 3.05) is 0 Å². The summed E-state index contributed by atoms with van der Waals surface area (Å²) in [5.74, 6) is 0. The Balaban J connectivity index is 2.59. The molecule has 0 radical (unpaired) electrons. The largest absolute Gasteiger partial charge is 0.357 e. The van der Waals surface area contributed by atoms with E-state index in [-0.39, 0.29) is 11.4 Å². The molecule has 0 spiro atoms. The SMILES string of the molecule is O=[N+]([O-])c1conc1-c1ccccc1Cl. The smallest absolute Gasteiger partial charge is 0.336 e. The molecule has 0 aliphatic carbocycles. The molecular weight excluding hydrogens is 220 g/mol. The van der Waals surface area contributed by atoms with Gasteiger partial charge in [-0.2, -0.15) is 0 Å². The average molecular weight is 225 g/mol. The zero-order valence-corrected chi connectivity index (χ0v) is 8.14. The molecule has 2 aromatic rings. The maximum absolute atomic E-state index is 10.6. The summed E-state index contributed by atoms with van der Waals surface area (Å²) in [7, 11) is 0. The lowest BCUT2D eigenvalue weighted by atomic mass is 10.1. The number of hydrogen-bond acceptors (Lipinski definition) is 4. The molecule has 0 fully saturated rings. The first-order valence-electron chi connectivity index (χ1n) is 4.04. The monoisotopic (exact) mass is 224 g/mol. The third-order valence-electron chi connectivity index (χ3n) is 1.88. The van der Waals surface area contributed by atoms with Crippen LogP contribution in [0.25, 0.3) is 11.3 Å². The van der Waals surface area contributed by atoms with Crippen molar-refractivity contribution in [3.63, 3.8) is 0 Å². The molecule has 1 aromatic heterocycles. The molecule has 0 unspecified atom stereocenters. The maximum atomic E-state index is 10.6. The van der Waals surface area contributed by atoms with Gasteiger partial charge in [0, 0.05) is 5.56 Å². The Labute approximate surface area is 89.4 Å². The van der Waals surface area contributed by atoms with Crippen molar-refractivity contribution in [2.45, 2.75) is 0 Å². The second-order valence-corrected chi connectivity index (χ2v) is 3.19. The molecule has 0 amide bonds. The summed E-state index contributed by atoms with van der Waals surface area (Å²) in [5, 5.41) is 14.6. The van der Waals surface area contributed by atoms with Crippen molar-refractivity contribution in [2.24, 2.45) is 0 Å². The molecule has 0 saturated heterocycles. The molecule has 6 heteroatoms. The molecule has 0 saturated carbocycles. The number of nitrogens with zero attached hydrogens (tertiary/aromatic N) is 2. The van der Waals surface area contributed by atoms with E-state index >= 15 is 0 Å². The zero-order valence-electron chi connectivity index (χ0n) is 7.38. The first-order valence-corrected chi connectivity index (χ1v) is 4.41. The van der Waals surface area contributed by atoms with Gasteiger partial charge < -0.3 is 4.52 Å². The normalized spacial score (nSPS) is 10.2. The van der Waals surface area contributed by atoms with Gasteiger partial charge >= 0.3 is 5.69 Å². The van der Waals surface area contributed by atoms with Gasteiger partial charge in [-0.15, -0.1) is 0 Å². The summed E-state index contributed by atoms with van der Waals surface area (Å²) in [6.45, 7) is 0. The fraction of sp³-hybridized carbons (Fsp3) is 0. The van der Waals surface area contributed by atoms with Crippen LogP contribution >= 0.6 is 11.6 Å². The van der Waals surface area contributed by atoms with Crippen LogP contribution in [0.3, 0.4) is 0 Å². The molecular formula is C9H5ClN2O3. The van der Waals surface area contributed by atoms with Crippen molar-refractivity contribution in [1.82, 2.24) is 5.16 Å². The van der Waals surface area contributed by atoms with Gasteiger partial charge in [0.2, 0.25) is 6.26 Å². The van der Waals surface area contributed by atoms with Crippen LogP contribution in [0, 0.1) is 10.1 Å². The Morgan fingerprint density at radius 1 is 1.40 bits per heavy atom. The van der Waals surface area contributed by atoms with E-state index in [1.54, 1.807) is 24.3 Å². The fourth-order valence-corrected chi connectivity index (χ4v) is 1.43. The predicted molar refractivity (Wildman–Crippen MR) is 53.6 cm³/mol. The predicted octanol–water partition coefficient (Wildman–Crippen LogP) is 2.90. The minimum absolute atomic E-state index is 0.144. The van der Waals surface area contributed by atoms with E-state index in [4.69, 9.17) is 11.6 Å². The summed E-state index contributed by atoms with van der Waals surface area (Å²) in [6, 6.07) is 6.74. The van der Waals surface area contributed by atoms with Crippen LogP contribution in [0.5, 0.6) is 0 Å². The van der Waals surface area contributed by atoms with Gasteiger partial charge in [-0.25, -0.2) is 0 Å². The van der Waals surface area contributed by atoms with Crippen LogP contribution in [-0.4, -0.2) is 10.1 Å². The minimum atomic E-state index is -0.560. The van der Waals surface area contributed by atoms with Gasteiger partial charge in [-0.3, -0.25) is 10.1 Å². The number of benzene rings is 1. The Kier molecular flexibility index (Phi) is 2.39. The number of halogens is 1. The first-order chi connectivity index (χ1) is 7.20. The first kappa shape index (κ1) is 9.67. The summed E-state index contributed by atoms with van der Waals surface area (Å²) in [6.07, 6.45) is 0.985. The molecule has 0 atom stereocenters. The van der Waals surface area contributed by atoms with E-state index in [1.807, 2.05) is 0 Å². The minimum Gasteiger partial charge on any atom is -0.357 e. The molecule has 0 bridgehead atoms. The highest BCUT2D eigenvalue weighted by atomic mass is 35.5. The van der Waals surface area contributed by atoms with Crippen molar-refractivity contribution in [3.8, 4) is 11.3 Å². The molecule has 2 rings (SSSR count). The maximum Gasteiger partial charge on any atom is 0.336 e. The van der Waals surface area contributed by atoms with Crippen molar-refractivity contribution < 1.29 is 9.45 Å². The Morgan fingerprint density at radius 2 is 2.13 bits per heavy atom. The van der Waals surface area contributed by atoms with Gasteiger partial charge in [0.15, 0.2) is 5.69 Å². The summed E-state index contributed by atoms with van der Waals surface area (Å²) in [5.41, 5.74) is 0.438.